The highest BCUT2D eigenvalue weighted by Crippen LogP contribution is 2.32. The number of halogens is 3. The average molecular weight is 478 g/mol. The molecule has 1 heterocycles. The van der Waals surface area contributed by atoms with Crippen LogP contribution >= 0.6 is 12.2 Å². The Hall–Kier alpha value is -3.40. The third-order valence-corrected chi connectivity index (χ3v) is 5.59. The third-order valence-electron chi connectivity index (χ3n) is 5.20. The van der Waals surface area contributed by atoms with E-state index in [1.165, 1.54) is 0 Å². The maximum Gasteiger partial charge on any atom is 0.416 e. The topological polar surface area (TPSA) is 70.7 Å². The molecule has 0 radical (unpaired) electrons. The fourth-order valence-electron chi connectivity index (χ4n) is 3.37. The molecule has 33 heavy (non-hydrogen) atoms. The van der Waals surface area contributed by atoms with Gasteiger partial charge in [-0.25, -0.2) is 4.79 Å². The molecular weight excluding hydrogens is 455 g/mol. The molecule has 0 fully saturated rings. The smallest absolute Gasteiger partial charge is 0.416 e. The lowest BCUT2D eigenvalue weighted by atomic mass is 9.95. The second-order valence-electron chi connectivity index (χ2n) is 7.32. The van der Waals surface area contributed by atoms with Gasteiger partial charge >= 0.3 is 12.1 Å². The van der Waals surface area contributed by atoms with Crippen LogP contribution in [0.25, 0.3) is 0 Å². The van der Waals surface area contributed by atoms with Crippen LogP contribution in [0.2, 0.25) is 0 Å². The molecule has 1 amide bonds. The standard InChI is InChI=1S/C23H22F3N3O3S/c1-4-32-21(31)18-13(2)29(3)22(33)28-19(18)15-6-5-7-17(12-15)27-20(30)14-8-10-16(11-9-14)23(24,25)26/h5-12,19H,4H2,1-3H3,(H,27,30)(H,28,33)/t19-/m1/s1. The van der Waals surface area contributed by atoms with E-state index in [0.29, 0.717) is 27.6 Å². The largest absolute Gasteiger partial charge is 0.463 e. The van der Waals surface area contributed by atoms with E-state index >= 15 is 0 Å². The second kappa shape index (κ2) is 9.62. The molecule has 0 aromatic heterocycles. The number of alkyl halides is 3. The van der Waals surface area contributed by atoms with Crippen LogP contribution in [0.1, 0.15) is 41.4 Å². The van der Waals surface area contributed by atoms with Gasteiger partial charge in [0.1, 0.15) is 0 Å². The van der Waals surface area contributed by atoms with Crippen molar-refractivity contribution < 1.29 is 27.5 Å². The molecule has 0 saturated carbocycles. The Kier molecular flexibility index (Phi) is 7.06. The van der Waals surface area contributed by atoms with E-state index in [1.54, 1.807) is 50.1 Å². The fraction of sp³-hybridized carbons (Fsp3) is 0.261. The van der Waals surface area contributed by atoms with Crippen molar-refractivity contribution >= 4 is 34.9 Å². The number of amides is 1. The molecule has 174 valence electrons. The van der Waals surface area contributed by atoms with Crippen LogP contribution in [-0.4, -0.2) is 35.5 Å². The molecule has 2 aromatic rings. The number of hydrogen-bond donors (Lipinski definition) is 2. The second-order valence-corrected chi connectivity index (χ2v) is 7.70. The number of benzene rings is 2. The van der Waals surface area contributed by atoms with Gasteiger partial charge in [-0.15, -0.1) is 0 Å². The minimum absolute atomic E-state index is 0.0787. The number of thiocarbonyl (C=S) groups is 1. The first-order valence-corrected chi connectivity index (χ1v) is 10.4. The summed E-state index contributed by atoms with van der Waals surface area (Å²) in [6.07, 6.45) is -4.48. The molecule has 1 aliphatic rings. The van der Waals surface area contributed by atoms with E-state index in [2.05, 4.69) is 10.6 Å². The molecule has 0 bridgehead atoms. The summed E-state index contributed by atoms with van der Waals surface area (Å²) in [6.45, 7) is 3.69. The molecule has 0 aliphatic carbocycles. The van der Waals surface area contributed by atoms with Gasteiger partial charge in [0.15, 0.2) is 5.11 Å². The van der Waals surface area contributed by atoms with Crippen molar-refractivity contribution in [1.29, 1.82) is 0 Å². The summed E-state index contributed by atoms with van der Waals surface area (Å²) < 4.78 is 43.5. The van der Waals surface area contributed by atoms with Crippen molar-refractivity contribution in [3.8, 4) is 0 Å². The molecule has 0 saturated heterocycles. The lowest BCUT2D eigenvalue weighted by Gasteiger charge is -2.35. The number of ether oxygens (including phenoxy) is 1. The Labute approximate surface area is 194 Å². The van der Waals surface area contributed by atoms with Gasteiger partial charge in [0.25, 0.3) is 5.91 Å². The SMILES string of the molecule is CCOC(=O)C1=C(C)N(C)C(=S)N[C@@H]1c1cccc(NC(=O)c2ccc(C(F)(F)F)cc2)c1. The van der Waals surface area contributed by atoms with E-state index in [0.717, 1.165) is 24.3 Å². The van der Waals surface area contributed by atoms with Gasteiger partial charge in [-0.1, -0.05) is 12.1 Å². The first-order chi connectivity index (χ1) is 15.5. The minimum atomic E-state index is -4.48. The number of rotatable bonds is 5. The van der Waals surface area contributed by atoms with E-state index in [4.69, 9.17) is 17.0 Å². The Morgan fingerprint density at radius 3 is 2.45 bits per heavy atom. The number of nitrogens with one attached hydrogen (secondary N) is 2. The van der Waals surface area contributed by atoms with Crippen LogP contribution in [0.5, 0.6) is 0 Å². The van der Waals surface area contributed by atoms with Crippen molar-refractivity contribution in [3.63, 3.8) is 0 Å². The van der Waals surface area contributed by atoms with Crippen molar-refractivity contribution in [2.75, 3.05) is 19.0 Å². The minimum Gasteiger partial charge on any atom is -0.463 e. The van der Waals surface area contributed by atoms with Gasteiger partial charge in [-0.2, -0.15) is 13.2 Å². The van der Waals surface area contributed by atoms with Crippen LogP contribution in [0.4, 0.5) is 18.9 Å². The predicted molar refractivity (Wildman–Crippen MR) is 121 cm³/mol. The zero-order chi connectivity index (χ0) is 24.3. The van der Waals surface area contributed by atoms with E-state index in [9.17, 15) is 22.8 Å². The number of carbonyl (C=O) groups is 2. The lowest BCUT2D eigenvalue weighted by Crippen LogP contribution is -2.46. The number of allylic oxidation sites excluding steroid dienone is 1. The maximum atomic E-state index is 12.7. The Bertz CT molecular complexity index is 1110. The summed E-state index contributed by atoms with van der Waals surface area (Å²) in [7, 11) is 1.74. The molecule has 10 heteroatoms. The van der Waals surface area contributed by atoms with Gasteiger partial charge in [0.05, 0.1) is 23.8 Å². The molecule has 1 aliphatic heterocycles. The van der Waals surface area contributed by atoms with Gasteiger partial charge in [-0.05, 0) is 68.0 Å². The molecule has 6 nitrogen and oxygen atoms in total. The van der Waals surface area contributed by atoms with Gasteiger partial charge < -0.3 is 20.3 Å². The van der Waals surface area contributed by atoms with E-state index < -0.39 is 29.7 Å². The van der Waals surface area contributed by atoms with Gasteiger partial charge in [-0.3, -0.25) is 4.79 Å². The lowest BCUT2D eigenvalue weighted by molar-refractivity contribution is -0.139. The Morgan fingerprint density at radius 2 is 1.85 bits per heavy atom. The molecule has 2 N–H and O–H groups in total. The van der Waals surface area contributed by atoms with E-state index in [1.807, 2.05) is 0 Å². The van der Waals surface area contributed by atoms with Crippen LogP contribution < -0.4 is 10.6 Å². The van der Waals surface area contributed by atoms with Crippen LogP contribution in [0, 0.1) is 0 Å². The first-order valence-electron chi connectivity index (χ1n) is 10.0. The number of nitrogens with zero attached hydrogens (tertiary/aromatic N) is 1. The summed E-state index contributed by atoms with van der Waals surface area (Å²) in [4.78, 5) is 26.9. The molecule has 1 atom stereocenters. The first kappa shape index (κ1) is 24.2. The van der Waals surface area contributed by atoms with Crippen molar-refractivity contribution in [3.05, 3.63) is 76.5 Å². The predicted octanol–water partition coefficient (Wildman–Crippen LogP) is 4.66. The van der Waals surface area contributed by atoms with Crippen LogP contribution in [-0.2, 0) is 15.7 Å². The van der Waals surface area contributed by atoms with Gasteiger partial charge in [0.2, 0.25) is 0 Å². The van der Waals surface area contributed by atoms with Crippen molar-refractivity contribution in [2.24, 2.45) is 0 Å². The average Bonchev–Trinajstić information content (AvgIpc) is 2.77. The fourth-order valence-corrected chi connectivity index (χ4v) is 3.62. The normalized spacial score (nSPS) is 16.4. The van der Waals surface area contributed by atoms with Crippen molar-refractivity contribution in [2.45, 2.75) is 26.1 Å². The van der Waals surface area contributed by atoms with Crippen molar-refractivity contribution in [1.82, 2.24) is 10.2 Å². The monoisotopic (exact) mass is 477 g/mol. The van der Waals surface area contributed by atoms with Gasteiger partial charge in [0, 0.05) is 24.0 Å². The molecular formula is C23H22F3N3O3S. The zero-order valence-corrected chi connectivity index (χ0v) is 18.9. The molecule has 3 rings (SSSR count). The summed E-state index contributed by atoms with van der Waals surface area (Å²) in [5.41, 5.74) is 1.33. The summed E-state index contributed by atoms with van der Waals surface area (Å²) >= 11 is 5.37. The number of anilines is 1. The Balaban J connectivity index is 1.87. The highest BCUT2D eigenvalue weighted by atomic mass is 32.1. The maximum absolute atomic E-state index is 12.7. The number of esters is 1. The third kappa shape index (κ3) is 5.33. The summed E-state index contributed by atoms with van der Waals surface area (Å²) in [6, 6.07) is 10.1. The zero-order valence-electron chi connectivity index (χ0n) is 18.1. The van der Waals surface area contributed by atoms with Crippen LogP contribution in [0.3, 0.4) is 0 Å². The highest BCUT2D eigenvalue weighted by Gasteiger charge is 2.33. The quantitative estimate of drug-likeness (QED) is 0.483. The number of hydrogen-bond acceptors (Lipinski definition) is 4. The molecule has 0 unspecified atom stereocenters. The highest BCUT2D eigenvalue weighted by molar-refractivity contribution is 7.80. The van der Waals surface area contributed by atoms with E-state index in [-0.39, 0.29) is 12.2 Å². The Morgan fingerprint density at radius 1 is 1.18 bits per heavy atom. The molecule has 2 aromatic carbocycles. The summed E-state index contributed by atoms with van der Waals surface area (Å²) in [5, 5.41) is 6.21. The molecule has 0 spiro atoms. The van der Waals surface area contributed by atoms with Crippen LogP contribution in [0.15, 0.2) is 59.8 Å². The number of carbonyl (C=O) groups excluding carboxylic acids is 2. The summed E-state index contributed by atoms with van der Waals surface area (Å²) in [5.74, 6) is -1.05.